The molecule has 25 heteroatoms. The Bertz CT molecular complexity index is 1590. The quantitative estimate of drug-likeness (QED) is 0.0155. The number of halogens is 2. The van der Waals surface area contributed by atoms with Gasteiger partial charge in [-0.1, -0.05) is 40.0 Å². The molecule has 11 N–H and O–H groups in total. The summed E-state index contributed by atoms with van der Waals surface area (Å²) in [5.41, 5.74) is -0.256. The molecule has 10 unspecified atom stereocenters. The monoisotopic (exact) mass is 1250 g/mol. The number of hydrogen-bond donors (Lipinski definition) is 11. The van der Waals surface area contributed by atoms with Gasteiger partial charge in [0.15, 0.2) is 6.29 Å². The lowest BCUT2D eigenvalue weighted by atomic mass is 9.63. The molecular weight excluding hydrogens is 1170 g/mol. The molecule has 1 saturated carbocycles. The molecule has 3 fully saturated rings. The molecule has 0 radical (unpaired) electrons. The number of nitrogens with zero attached hydrogens (tertiary/aromatic N) is 2. The van der Waals surface area contributed by atoms with Crippen LogP contribution in [0.2, 0.25) is 0 Å². The number of aliphatic hydroxyl groups excluding tert-OH is 11. The molecule has 0 spiro atoms. The number of carbonyl (C=O) groups excluding carboxylic acids is 4. The van der Waals surface area contributed by atoms with Gasteiger partial charge < -0.3 is 79.9 Å². The first kappa shape index (κ1) is 66.9. The van der Waals surface area contributed by atoms with E-state index in [1.807, 2.05) is 27.7 Å². The van der Waals surface area contributed by atoms with Crippen molar-refractivity contribution in [2.24, 2.45) is 20.8 Å². The number of aliphatic hydroxyl groups is 11. The zero-order chi connectivity index (χ0) is 54.5. The zero-order valence-corrected chi connectivity index (χ0v) is 46.0. The highest BCUT2D eigenvalue weighted by Gasteiger charge is 2.58. The van der Waals surface area contributed by atoms with Gasteiger partial charge in [0, 0.05) is 29.5 Å². The van der Waals surface area contributed by atoms with Crippen LogP contribution < -0.4 is 0 Å². The van der Waals surface area contributed by atoms with Crippen molar-refractivity contribution < 1.29 is 99.0 Å². The van der Waals surface area contributed by atoms with Crippen molar-refractivity contribution in [2.75, 3.05) is 33.0 Å². The van der Waals surface area contributed by atoms with E-state index in [1.165, 1.54) is 0 Å². The fourth-order valence-corrected chi connectivity index (χ4v) is 8.38. The summed E-state index contributed by atoms with van der Waals surface area (Å²) in [7, 11) is 0. The molecule has 2 aliphatic heterocycles. The summed E-state index contributed by atoms with van der Waals surface area (Å²) in [5.74, 6) is -3.26. The Morgan fingerprint density at radius 3 is 1.81 bits per heavy atom. The summed E-state index contributed by atoms with van der Waals surface area (Å²) in [6, 6.07) is -0.0550. The molecule has 3 aliphatic rings. The normalized spacial score (nSPS) is 32.3. The van der Waals surface area contributed by atoms with Gasteiger partial charge in [0.25, 0.3) is 0 Å². The second kappa shape index (κ2) is 36.8. The van der Waals surface area contributed by atoms with Crippen LogP contribution in [0.3, 0.4) is 0 Å². The van der Waals surface area contributed by atoms with E-state index in [-0.39, 0.29) is 42.1 Å². The Kier molecular flexibility index (Phi) is 35.2. The van der Waals surface area contributed by atoms with Crippen molar-refractivity contribution in [1.82, 2.24) is 0 Å². The zero-order valence-electron chi connectivity index (χ0n) is 41.8. The molecule has 0 amide bonds. The fraction of sp³-hybridized carbons (Fsp3) is 0.889. The number of unbranched alkanes of at least 4 members (excludes halogenated alkanes) is 1. The van der Waals surface area contributed by atoms with Gasteiger partial charge in [0.05, 0.1) is 58.4 Å². The van der Waals surface area contributed by atoms with Crippen molar-refractivity contribution in [3.8, 4) is 0 Å². The van der Waals surface area contributed by atoms with Crippen LogP contribution in [0, 0.1) is 17.8 Å². The van der Waals surface area contributed by atoms with Crippen molar-refractivity contribution in [3.63, 3.8) is 0 Å². The summed E-state index contributed by atoms with van der Waals surface area (Å²) in [4.78, 5) is 51.0. The Morgan fingerprint density at radius 2 is 1.34 bits per heavy atom. The number of carbonyl (C=O) groups is 2. The maximum atomic E-state index is 12.0. The van der Waals surface area contributed by atoms with Crippen molar-refractivity contribution in [1.29, 1.82) is 1.28 Å². The topological polar surface area (TPSA) is 362 Å². The summed E-state index contributed by atoms with van der Waals surface area (Å²) in [5, 5.41) is 109. The van der Waals surface area contributed by atoms with Gasteiger partial charge in [-0.05, 0) is 108 Å². The van der Waals surface area contributed by atoms with Crippen molar-refractivity contribution in [3.05, 3.63) is 6.92 Å². The minimum atomic E-state index is -2.31. The van der Waals surface area contributed by atoms with E-state index in [0.29, 0.717) is 51.7 Å². The highest BCUT2D eigenvalue weighted by Crippen LogP contribution is 2.47. The highest BCUT2D eigenvalue weighted by atomic mass is 127. The van der Waals surface area contributed by atoms with E-state index in [2.05, 4.69) is 61.0 Å². The van der Waals surface area contributed by atoms with E-state index in [1.54, 1.807) is 19.1 Å². The molecule has 1 aliphatic carbocycles. The van der Waals surface area contributed by atoms with Gasteiger partial charge in [0.1, 0.15) is 61.4 Å². The maximum Gasteiger partial charge on any atom is 0.305 e. The van der Waals surface area contributed by atoms with Crippen molar-refractivity contribution >= 4 is 72.0 Å². The minimum Gasteiger partial charge on any atom is -0.466 e. The molecule has 16 atom stereocenters. The second-order valence-corrected chi connectivity index (χ2v) is 27.0. The number of aliphatic imine (C=N–C) groups is 2. The second-order valence-electron chi connectivity index (χ2n) is 18.4. The summed E-state index contributed by atoms with van der Waals surface area (Å²) < 4.78 is 32.0. The highest BCUT2D eigenvalue weighted by molar-refractivity contribution is 14.3. The van der Waals surface area contributed by atoms with Crippen LogP contribution in [0.4, 0.5) is 0 Å². The predicted molar refractivity (Wildman–Crippen MR) is 272 cm³/mol. The van der Waals surface area contributed by atoms with Gasteiger partial charge in [-0.25, -0.2) is 19.6 Å². The molecule has 0 aromatic carbocycles. The van der Waals surface area contributed by atoms with Crippen molar-refractivity contribution in [2.45, 2.75) is 210 Å². The van der Waals surface area contributed by atoms with Gasteiger partial charge >= 0.3 is 11.9 Å². The molecule has 0 aromatic rings. The molecule has 22 nitrogen and oxygen atoms in total. The smallest absolute Gasteiger partial charge is 0.305 e. The molecule has 70 heavy (non-hydrogen) atoms. The number of esters is 2. The molecule has 0 bridgehead atoms. The molecule has 3 rings (SSSR count). The molecule has 2 saturated heterocycles. The number of ether oxygens (including phenoxy) is 5. The van der Waals surface area contributed by atoms with Gasteiger partial charge in [-0.2, -0.15) is 0 Å². The molecule has 0 aromatic heterocycles. The van der Waals surface area contributed by atoms with Crippen LogP contribution >= 0.6 is 47.9 Å². The van der Waals surface area contributed by atoms with E-state index in [4.69, 9.17) is 25.0 Å². The Balaban J connectivity index is 0.00000113. The van der Waals surface area contributed by atoms with E-state index in [0.717, 1.165) is 32.1 Å². The lowest BCUT2D eigenvalue weighted by molar-refractivity contribution is -0.383. The maximum absolute atomic E-state index is 12.0. The lowest BCUT2D eigenvalue weighted by Gasteiger charge is -2.43. The predicted octanol–water partition coefficient (Wildman–Crippen LogP) is 1.90. The molecular formula is C45H80I2N2O20P+. The molecule has 408 valence electrons. The summed E-state index contributed by atoms with van der Waals surface area (Å²) >= 11 is 4.12. The average Bonchev–Trinajstić information content (AvgIpc) is 3.54. The first-order valence-electron chi connectivity index (χ1n) is 23.9. The molecule has 2 heterocycles. The van der Waals surface area contributed by atoms with Crippen LogP contribution in [-0.2, 0) is 42.9 Å². The number of rotatable bonds is 25. The van der Waals surface area contributed by atoms with Gasteiger partial charge in [0.2, 0.25) is 17.9 Å². The largest absolute Gasteiger partial charge is 0.466 e. The summed E-state index contributed by atoms with van der Waals surface area (Å²) in [6.45, 7) is 12.4. The Hall–Kier alpha value is -1.10. The van der Waals surface area contributed by atoms with E-state index < -0.39 is 109 Å². The van der Waals surface area contributed by atoms with Crippen LogP contribution in [0.15, 0.2) is 9.98 Å². The average molecular weight is 1250 g/mol. The van der Waals surface area contributed by atoms with Crippen LogP contribution in [0.5, 0.6) is 0 Å². The van der Waals surface area contributed by atoms with E-state index in [9.17, 15) is 75.3 Å². The number of hydrogen-bond acceptors (Lipinski definition) is 22. The van der Waals surface area contributed by atoms with Crippen LogP contribution in [-0.4, -0.2) is 200 Å². The SMILES string of the molecule is CCCC(O)C(O)CCCC(=O)OCC1O[C@H](O[C@]2(CO)O[C@H](CO)[C@H](O)C2O)C(O)[C@@H](O)[C@@H]1O.CCCCC(O)C(O)CCCC(=O)OCC.[2H]P(I)I.[CH2+]C1(C)CC(N=C=O)CC(C)(CN=C=O)C1. The first-order chi connectivity index (χ1) is 33.3. The first-order valence-corrected chi connectivity index (χ1v) is 30.0. The summed E-state index contributed by atoms with van der Waals surface area (Å²) in [6.07, 6.45) is -5.78. The number of isocyanates is 2. The van der Waals surface area contributed by atoms with Gasteiger partial charge in [-0.3, -0.25) is 9.59 Å². The lowest BCUT2D eigenvalue weighted by Crippen LogP contribution is -2.62. The Morgan fingerprint density at radius 1 is 0.800 bits per heavy atom. The van der Waals surface area contributed by atoms with Crippen LogP contribution in [0.1, 0.15) is 125 Å². The van der Waals surface area contributed by atoms with Crippen LogP contribution in [0.25, 0.3) is 0 Å². The third-order valence-corrected chi connectivity index (χ3v) is 11.8. The fourth-order valence-electron chi connectivity index (χ4n) is 8.38. The van der Waals surface area contributed by atoms with Gasteiger partial charge in [-0.15, -0.1) is 0 Å². The standard InChI is InChI=1S/C21H38O14.C12H17N2O2.C12H24O4.HI2P/c1-2-4-10(24)11(25)5-3-6-14(26)32-8-13-15(27)17(29)18(30)20(33-13)35-21(9-23)19(31)16(28)12(7-22)34-21;1-11(2)4-10(14-9-16)5-12(3,6-11)7-13-8-15;1-3-5-7-10(13)11(14)8-6-9-12(15)16-4-2;1-3-2/h10-13,15-20,22-25,27-31H,2-9H2,1H3;10H,1,4-7H2,2-3H3;10-11,13-14H,3-9H2,1-2H3;3H/q;+1;;/t10?,11?,12-,13?,15-,16+,17+,18?,19?,20-,21+;;;/m1.../s1/i;;;3D. The third-order valence-electron chi connectivity index (χ3n) is 11.8. The van der Waals surface area contributed by atoms with E-state index >= 15 is 0 Å². The minimum absolute atomic E-state index is 0.0550. The Labute approximate surface area is 440 Å². The third kappa shape index (κ3) is 25.4.